The van der Waals surface area contributed by atoms with Gasteiger partial charge in [0.1, 0.15) is 16.5 Å². The van der Waals surface area contributed by atoms with Gasteiger partial charge < -0.3 is 4.74 Å². The molecule has 0 bridgehead atoms. The molecule has 0 N–H and O–H groups in total. The van der Waals surface area contributed by atoms with Gasteiger partial charge in [-0.1, -0.05) is 30.3 Å². The topological polar surface area (TPSA) is 78.6 Å². The summed E-state index contributed by atoms with van der Waals surface area (Å²) in [7, 11) is 1.65. The minimum absolute atomic E-state index is 0.371. The van der Waals surface area contributed by atoms with Crippen LogP contribution < -0.4 is 0 Å². The van der Waals surface area contributed by atoms with E-state index in [1.54, 1.807) is 18.4 Å². The number of methoxy groups -OCH3 is 1. The first-order valence-corrected chi connectivity index (χ1v) is 10.3. The molecule has 0 spiro atoms. The zero-order valence-electron chi connectivity index (χ0n) is 14.6. The number of ether oxygens (including phenoxy) is 1. The van der Waals surface area contributed by atoms with Gasteiger partial charge >= 0.3 is 0 Å². The Morgan fingerprint density at radius 3 is 2.85 bits per heavy atom. The fourth-order valence-corrected chi connectivity index (χ4v) is 4.96. The second-order valence-corrected chi connectivity index (χ2v) is 8.13. The fourth-order valence-electron chi connectivity index (χ4n) is 2.94. The Hall–Kier alpha value is -2.36. The average Bonchev–Trinajstić information content (AvgIpc) is 3.27. The smallest absolute Gasteiger partial charge is 0.215 e. The summed E-state index contributed by atoms with van der Waals surface area (Å²) in [6.07, 6.45) is 2.25. The molecule has 0 aliphatic heterocycles. The predicted molar refractivity (Wildman–Crippen MR) is 104 cm³/mol. The number of hydrogen-bond acceptors (Lipinski definition) is 8. The highest BCUT2D eigenvalue weighted by Gasteiger charge is 2.29. The zero-order valence-corrected chi connectivity index (χ0v) is 16.2. The summed E-state index contributed by atoms with van der Waals surface area (Å²) in [4.78, 5) is 10.4. The third kappa shape index (κ3) is 3.22. The van der Waals surface area contributed by atoms with Crippen LogP contribution in [0.5, 0.6) is 0 Å². The number of aromatic nitrogens is 6. The molecule has 3 aromatic heterocycles. The van der Waals surface area contributed by atoms with Crippen LogP contribution in [0.3, 0.4) is 0 Å². The first kappa shape index (κ1) is 16.8. The lowest BCUT2D eigenvalue weighted by atomic mass is 10.1. The van der Waals surface area contributed by atoms with Crippen LogP contribution in [0.15, 0.2) is 45.9 Å². The highest BCUT2D eigenvalue weighted by molar-refractivity contribution is 7.99. The lowest BCUT2D eigenvalue weighted by Gasteiger charge is -2.08. The molecule has 5 rings (SSSR count). The van der Waals surface area contributed by atoms with Gasteiger partial charge in [0.15, 0.2) is 5.82 Å². The molecule has 136 valence electrons. The standard InChI is InChI=1S/C18H16N6OS2/c1-25-9-14-19-16-15(13(10-26-16)11-5-3-2-4-6-11)17(20-14)27-18-21-22-23-24(18)12-7-8-12/h2-6,10,12H,7-9H2,1H3. The summed E-state index contributed by atoms with van der Waals surface area (Å²) in [5.74, 6) is 0.666. The van der Waals surface area contributed by atoms with Crippen LogP contribution >= 0.6 is 23.1 Å². The second-order valence-electron chi connectivity index (χ2n) is 6.31. The molecule has 4 aromatic rings. The number of fused-ring (bicyclic) bond motifs is 1. The van der Waals surface area contributed by atoms with Crippen molar-refractivity contribution in [1.29, 1.82) is 0 Å². The number of tetrazole rings is 1. The maximum Gasteiger partial charge on any atom is 0.215 e. The predicted octanol–water partition coefficient (Wildman–Crippen LogP) is 3.98. The van der Waals surface area contributed by atoms with Gasteiger partial charge in [0.25, 0.3) is 0 Å². The third-order valence-electron chi connectivity index (χ3n) is 4.35. The molecule has 0 unspecified atom stereocenters. The quantitative estimate of drug-likeness (QED) is 0.456. The van der Waals surface area contributed by atoms with Gasteiger partial charge in [0.05, 0.1) is 11.4 Å². The Labute approximate surface area is 163 Å². The van der Waals surface area contributed by atoms with Crippen molar-refractivity contribution in [1.82, 2.24) is 30.2 Å². The molecule has 0 atom stereocenters. The molecule has 9 heteroatoms. The van der Waals surface area contributed by atoms with E-state index in [4.69, 9.17) is 9.72 Å². The highest BCUT2D eigenvalue weighted by Crippen LogP contribution is 2.42. The maximum atomic E-state index is 5.26. The van der Waals surface area contributed by atoms with Gasteiger partial charge in [-0.25, -0.2) is 14.6 Å². The molecule has 1 aliphatic carbocycles. The summed E-state index contributed by atoms with van der Waals surface area (Å²) in [6, 6.07) is 10.7. The van der Waals surface area contributed by atoms with E-state index in [1.165, 1.54) is 11.8 Å². The second kappa shape index (κ2) is 6.99. The van der Waals surface area contributed by atoms with Gasteiger partial charge in [-0.15, -0.1) is 16.4 Å². The van der Waals surface area contributed by atoms with Gasteiger partial charge in [-0.2, -0.15) is 0 Å². The first-order valence-electron chi connectivity index (χ1n) is 8.61. The summed E-state index contributed by atoms with van der Waals surface area (Å²) in [5.41, 5.74) is 2.28. The van der Waals surface area contributed by atoms with Crippen LogP contribution in [-0.2, 0) is 11.3 Å². The average molecular weight is 397 g/mol. The molecule has 0 radical (unpaired) electrons. The lowest BCUT2D eigenvalue weighted by molar-refractivity contribution is 0.177. The van der Waals surface area contributed by atoms with E-state index in [-0.39, 0.29) is 0 Å². The Bertz CT molecular complexity index is 1090. The number of nitrogens with zero attached hydrogens (tertiary/aromatic N) is 6. The lowest BCUT2D eigenvalue weighted by Crippen LogP contribution is -2.01. The SMILES string of the molecule is COCc1nc(Sc2nnnn2C2CC2)c2c(-c3ccccc3)csc2n1. The monoisotopic (exact) mass is 396 g/mol. The van der Waals surface area contributed by atoms with Crippen LogP contribution in [-0.4, -0.2) is 37.3 Å². The zero-order chi connectivity index (χ0) is 18.2. The van der Waals surface area contributed by atoms with Gasteiger partial charge in [0.2, 0.25) is 5.16 Å². The molecule has 1 saturated carbocycles. The minimum Gasteiger partial charge on any atom is -0.377 e. The molecule has 7 nitrogen and oxygen atoms in total. The molecule has 0 amide bonds. The summed E-state index contributed by atoms with van der Waals surface area (Å²) in [6.45, 7) is 0.371. The number of rotatable bonds is 6. The van der Waals surface area contributed by atoms with Gasteiger partial charge in [-0.05, 0) is 40.6 Å². The van der Waals surface area contributed by atoms with E-state index >= 15 is 0 Å². The van der Waals surface area contributed by atoms with E-state index < -0.39 is 0 Å². The molecule has 1 aromatic carbocycles. The molecular formula is C18H16N6OS2. The van der Waals surface area contributed by atoms with E-state index in [9.17, 15) is 0 Å². The van der Waals surface area contributed by atoms with Crippen molar-refractivity contribution < 1.29 is 4.74 Å². The third-order valence-corrected chi connectivity index (χ3v) is 6.16. The van der Waals surface area contributed by atoms with Gasteiger partial charge in [-0.3, -0.25) is 0 Å². The van der Waals surface area contributed by atoms with Crippen molar-refractivity contribution in [2.45, 2.75) is 35.7 Å². The molecular weight excluding hydrogens is 380 g/mol. The van der Waals surface area contributed by atoms with Crippen LogP contribution in [0, 0.1) is 0 Å². The molecule has 1 fully saturated rings. The van der Waals surface area contributed by atoms with Crippen molar-refractivity contribution >= 4 is 33.3 Å². The normalized spacial score (nSPS) is 14.1. The largest absolute Gasteiger partial charge is 0.377 e. The number of hydrogen-bond donors (Lipinski definition) is 0. The number of benzene rings is 1. The van der Waals surface area contributed by atoms with Crippen molar-refractivity contribution in [2.24, 2.45) is 0 Å². The van der Waals surface area contributed by atoms with Crippen molar-refractivity contribution in [3.8, 4) is 11.1 Å². The first-order chi connectivity index (χ1) is 13.3. The molecule has 27 heavy (non-hydrogen) atoms. The van der Waals surface area contributed by atoms with E-state index in [1.807, 2.05) is 22.9 Å². The van der Waals surface area contributed by atoms with Crippen LogP contribution in [0.1, 0.15) is 24.7 Å². The van der Waals surface area contributed by atoms with Crippen LogP contribution in [0.25, 0.3) is 21.3 Å². The fraction of sp³-hybridized carbons (Fsp3) is 0.278. The van der Waals surface area contributed by atoms with E-state index in [2.05, 4.69) is 38.0 Å². The molecule has 0 saturated heterocycles. The Morgan fingerprint density at radius 2 is 2.07 bits per heavy atom. The Balaban J connectivity index is 1.65. The van der Waals surface area contributed by atoms with Gasteiger partial charge in [0, 0.05) is 18.1 Å². The minimum atomic E-state index is 0.371. The Kier molecular flexibility index (Phi) is 4.35. The van der Waals surface area contributed by atoms with Crippen LogP contribution in [0.4, 0.5) is 0 Å². The van der Waals surface area contributed by atoms with Crippen molar-refractivity contribution in [2.75, 3.05) is 7.11 Å². The Morgan fingerprint density at radius 1 is 1.22 bits per heavy atom. The molecule has 3 heterocycles. The summed E-state index contributed by atoms with van der Waals surface area (Å²) in [5, 5.41) is 17.0. The maximum absolute atomic E-state index is 5.26. The van der Waals surface area contributed by atoms with Crippen molar-refractivity contribution in [3.05, 3.63) is 41.5 Å². The van der Waals surface area contributed by atoms with Crippen LogP contribution in [0.2, 0.25) is 0 Å². The summed E-state index contributed by atoms with van der Waals surface area (Å²) >= 11 is 3.12. The molecule has 1 aliphatic rings. The van der Waals surface area contributed by atoms with E-state index in [0.29, 0.717) is 18.5 Å². The van der Waals surface area contributed by atoms with Crippen molar-refractivity contribution in [3.63, 3.8) is 0 Å². The highest BCUT2D eigenvalue weighted by atomic mass is 32.2. The summed E-state index contributed by atoms with van der Waals surface area (Å²) < 4.78 is 7.16. The van der Waals surface area contributed by atoms with E-state index in [0.717, 1.165) is 44.4 Å². The number of thiophene rings is 1.